The first-order chi connectivity index (χ1) is 8.00. The maximum Gasteiger partial charge on any atom is 0.221 e. The number of rotatable bonds is 1. The lowest BCUT2D eigenvalue weighted by Gasteiger charge is -2.20. The molecule has 0 unspecified atom stereocenters. The number of anilines is 1. The molecule has 1 aromatic rings. The lowest BCUT2D eigenvalue weighted by molar-refractivity contribution is -0.114. The molecule has 0 radical (unpaired) electrons. The summed E-state index contributed by atoms with van der Waals surface area (Å²) in [6, 6.07) is 1.10. The Morgan fingerprint density at radius 2 is 2.18 bits per heavy atom. The molecule has 0 saturated heterocycles. The normalized spacial score (nSPS) is 14.4. The number of carbonyl (C=O) groups is 2. The summed E-state index contributed by atoms with van der Waals surface area (Å²) in [5.74, 6) is -1.05. The highest BCUT2D eigenvalue weighted by Gasteiger charge is 2.25. The molecule has 0 bridgehead atoms. The van der Waals surface area contributed by atoms with E-state index in [-0.39, 0.29) is 22.4 Å². The molecular formula is C12H11ClFNO2. The fourth-order valence-corrected chi connectivity index (χ4v) is 2.31. The topological polar surface area (TPSA) is 46.2 Å². The van der Waals surface area contributed by atoms with Gasteiger partial charge in [0.1, 0.15) is 5.82 Å². The fraction of sp³-hybridized carbons (Fsp3) is 0.333. The summed E-state index contributed by atoms with van der Waals surface area (Å²) >= 11 is 5.85. The van der Waals surface area contributed by atoms with E-state index in [0.717, 1.165) is 6.07 Å². The van der Waals surface area contributed by atoms with Gasteiger partial charge in [-0.05, 0) is 24.5 Å². The van der Waals surface area contributed by atoms with Crippen molar-refractivity contribution in [3.05, 3.63) is 28.0 Å². The van der Waals surface area contributed by atoms with Crippen LogP contribution in [0.3, 0.4) is 0 Å². The van der Waals surface area contributed by atoms with Gasteiger partial charge in [-0.3, -0.25) is 9.59 Å². The third kappa shape index (κ3) is 2.17. The van der Waals surface area contributed by atoms with E-state index in [1.807, 2.05) is 0 Å². The Balaban J connectivity index is 2.63. The molecule has 1 N–H and O–H groups in total. The van der Waals surface area contributed by atoms with E-state index < -0.39 is 5.82 Å². The van der Waals surface area contributed by atoms with Crippen LogP contribution in [0.1, 0.15) is 35.7 Å². The Kier molecular flexibility index (Phi) is 3.15. The monoisotopic (exact) mass is 255 g/mol. The van der Waals surface area contributed by atoms with Gasteiger partial charge < -0.3 is 5.32 Å². The molecule has 0 aromatic heterocycles. The number of fused-ring (bicyclic) bond motifs is 1. The molecular weight excluding hydrogens is 245 g/mol. The molecule has 0 aliphatic heterocycles. The van der Waals surface area contributed by atoms with E-state index in [4.69, 9.17) is 11.6 Å². The number of hydrogen-bond donors (Lipinski definition) is 1. The summed E-state index contributed by atoms with van der Waals surface area (Å²) in [6.07, 6.45) is 1.63. The van der Waals surface area contributed by atoms with Crippen LogP contribution in [0.5, 0.6) is 0 Å². The predicted molar refractivity (Wildman–Crippen MR) is 63.0 cm³/mol. The van der Waals surface area contributed by atoms with E-state index in [9.17, 15) is 14.0 Å². The third-order valence-electron chi connectivity index (χ3n) is 2.74. The van der Waals surface area contributed by atoms with Crippen LogP contribution in [0.4, 0.5) is 10.1 Å². The van der Waals surface area contributed by atoms with Crippen LogP contribution in [0, 0.1) is 5.82 Å². The SMILES string of the molecule is CC(=O)Nc1cc(F)c(Cl)c2c1C(=O)CCC2. The second-order valence-electron chi connectivity index (χ2n) is 4.03. The molecule has 90 valence electrons. The first-order valence-corrected chi connectivity index (χ1v) is 5.70. The van der Waals surface area contributed by atoms with Crippen molar-refractivity contribution in [3.63, 3.8) is 0 Å². The number of benzene rings is 1. The summed E-state index contributed by atoms with van der Waals surface area (Å²) in [5.41, 5.74) is 1.09. The molecule has 3 nitrogen and oxygen atoms in total. The maximum atomic E-state index is 13.6. The van der Waals surface area contributed by atoms with Crippen LogP contribution in [0.15, 0.2) is 6.07 Å². The number of carbonyl (C=O) groups excluding carboxylic acids is 2. The van der Waals surface area contributed by atoms with Crippen molar-refractivity contribution in [2.75, 3.05) is 5.32 Å². The average Bonchev–Trinajstić information content (AvgIpc) is 2.24. The quantitative estimate of drug-likeness (QED) is 0.839. The first-order valence-electron chi connectivity index (χ1n) is 5.32. The predicted octanol–water partition coefficient (Wildman–Crippen LogP) is 2.96. The van der Waals surface area contributed by atoms with Gasteiger partial charge in [0.05, 0.1) is 10.7 Å². The number of nitrogens with one attached hydrogen (secondary N) is 1. The zero-order chi connectivity index (χ0) is 12.6. The minimum absolute atomic E-state index is 0.0119. The van der Waals surface area contributed by atoms with Crippen molar-refractivity contribution in [2.24, 2.45) is 0 Å². The Morgan fingerprint density at radius 1 is 1.47 bits per heavy atom. The van der Waals surface area contributed by atoms with Crippen LogP contribution < -0.4 is 5.32 Å². The Labute approximate surface area is 103 Å². The molecule has 1 aliphatic rings. The number of amides is 1. The average molecular weight is 256 g/mol. The largest absolute Gasteiger partial charge is 0.326 e. The fourth-order valence-electron chi connectivity index (χ4n) is 2.07. The highest BCUT2D eigenvalue weighted by molar-refractivity contribution is 6.32. The van der Waals surface area contributed by atoms with E-state index in [1.54, 1.807) is 0 Å². The molecule has 0 saturated carbocycles. The number of Topliss-reactive ketones (excluding diaryl/α,β-unsaturated/α-hetero) is 1. The number of ketones is 1. The van der Waals surface area contributed by atoms with E-state index in [2.05, 4.69) is 5.32 Å². The van der Waals surface area contributed by atoms with Gasteiger partial charge in [0.15, 0.2) is 5.78 Å². The summed E-state index contributed by atoms with van der Waals surface area (Å²) in [6.45, 7) is 1.31. The molecule has 0 heterocycles. The maximum absolute atomic E-state index is 13.6. The summed E-state index contributed by atoms with van der Waals surface area (Å²) in [4.78, 5) is 22.8. The van der Waals surface area contributed by atoms with Crippen LogP contribution in [-0.4, -0.2) is 11.7 Å². The molecule has 1 amide bonds. The van der Waals surface area contributed by atoms with Gasteiger partial charge in [0, 0.05) is 18.9 Å². The Bertz CT molecular complexity index is 514. The second-order valence-corrected chi connectivity index (χ2v) is 4.41. The molecule has 0 atom stereocenters. The molecule has 1 aromatic carbocycles. The lowest BCUT2D eigenvalue weighted by atomic mass is 9.89. The smallest absolute Gasteiger partial charge is 0.221 e. The summed E-state index contributed by atoms with van der Waals surface area (Å²) in [7, 11) is 0. The first kappa shape index (κ1) is 12.0. The van der Waals surface area contributed by atoms with Crippen LogP contribution in [-0.2, 0) is 11.2 Å². The number of hydrogen-bond acceptors (Lipinski definition) is 2. The van der Waals surface area contributed by atoms with Crippen LogP contribution in [0.2, 0.25) is 5.02 Å². The van der Waals surface area contributed by atoms with Gasteiger partial charge in [-0.15, -0.1) is 0 Å². The summed E-state index contributed by atoms with van der Waals surface area (Å²) in [5, 5.41) is 2.46. The second kappa shape index (κ2) is 4.45. The van der Waals surface area contributed by atoms with Crippen LogP contribution in [0.25, 0.3) is 0 Å². The molecule has 0 fully saturated rings. The molecule has 1 aliphatic carbocycles. The van der Waals surface area contributed by atoms with Gasteiger partial charge >= 0.3 is 0 Å². The van der Waals surface area contributed by atoms with Crippen LogP contribution >= 0.6 is 11.6 Å². The Hall–Kier alpha value is -1.42. The van der Waals surface area contributed by atoms with E-state index in [0.29, 0.717) is 30.4 Å². The highest BCUT2D eigenvalue weighted by Crippen LogP contribution is 2.35. The number of halogens is 2. The van der Waals surface area contributed by atoms with Gasteiger partial charge in [-0.2, -0.15) is 0 Å². The third-order valence-corrected chi connectivity index (χ3v) is 3.15. The van der Waals surface area contributed by atoms with Crippen molar-refractivity contribution >= 4 is 29.0 Å². The van der Waals surface area contributed by atoms with E-state index in [1.165, 1.54) is 6.92 Å². The minimum atomic E-state index is -0.608. The van der Waals surface area contributed by atoms with Crippen molar-refractivity contribution in [1.82, 2.24) is 0 Å². The Morgan fingerprint density at radius 3 is 2.82 bits per heavy atom. The molecule has 17 heavy (non-hydrogen) atoms. The van der Waals surface area contributed by atoms with Gasteiger partial charge in [0.2, 0.25) is 5.91 Å². The summed E-state index contributed by atoms with van der Waals surface area (Å²) < 4.78 is 13.6. The van der Waals surface area contributed by atoms with Gasteiger partial charge in [-0.25, -0.2) is 4.39 Å². The van der Waals surface area contributed by atoms with Gasteiger partial charge in [0.25, 0.3) is 0 Å². The lowest BCUT2D eigenvalue weighted by Crippen LogP contribution is -2.17. The van der Waals surface area contributed by atoms with Crippen molar-refractivity contribution in [2.45, 2.75) is 26.2 Å². The highest BCUT2D eigenvalue weighted by atomic mass is 35.5. The van der Waals surface area contributed by atoms with Crippen molar-refractivity contribution in [3.8, 4) is 0 Å². The minimum Gasteiger partial charge on any atom is -0.326 e. The molecule has 0 spiro atoms. The standard InChI is InChI=1S/C12H11ClFNO2/c1-6(16)15-9-5-8(14)12(13)7-3-2-4-10(17)11(7)9/h5H,2-4H2,1H3,(H,15,16). The van der Waals surface area contributed by atoms with Crippen molar-refractivity contribution in [1.29, 1.82) is 0 Å². The molecule has 2 rings (SSSR count). The zero-order valence-corrected chi connectivity index (χ0v) is 10.0. The zero-order valence-electron chi connectivity index (χ0n) is 9.27. The molecule has 5 heteroatoms. The van der Waals surface area contributed by atoms with E-state index >= 15 is 0 Å². The van der Waals surface area contributed by atoms with Gasteiger partial charge in [-0.1, -0.05) is 11.6 Å². The van der Waals surface area contributed by atoms with Crippen molar-refractivity contribution < 1.29 is 14.0 Å².